The van der Waals surface area contributed by atoms with Gasteiger partial charge in [0.2, 0.25) is 0 Å². The molecule has 8 atom stereocenters. The highest BCUT2D eigenvalue weighted by Gasteiger charge is 2.28. The van der Waals surface area contributed by atoms with Crippen LogP contribution >= 0.6 is 0 Å². The number of carboxylic acids is 8. The molecule has 6 aromatic heterocycles. The number of rotatable bonds is 40. The molecule has 0 amide bonds. The van der Waals surface area contributed by atoms with E-state index >= 15 is 0 Å². The third-order valence-corrected chi connectivity index (χ3v) is 23.7. The molecule has 0 aliphatic heterocycles. The van der Waals surface area contributed by atoms with Crippen molar-refractivity contribution in [2.24, 2.45) is 94.7 Å². The molecule has 746 valence electrons. The lowest BCUT2D eigenvalue weighted by atomic mass is 9.89. The summed E-state index contributed by atoms with van der Waals surface area (Å²) in [5.74, 6) is -5.09. The van der Waals surface area contributed by atoms with Crippen molar-refractivity contribution in [3.05, 3.63) is 313 Å². The number of hydrogen-bond acceptors (Lipinski definition) is 14. The van der Waals surface area contributed by atoms with Gasteiger partial charge in [0.05, 0.1) is 58.4 Å². The summed E-state index contributed by atoms with van der Waals surface area (Å²) in [4.78, 5) is 115. The zero-order chi connectivity index (χ0) is 103. The lowest BCUT2D eigenvalue weighted by Gasteiger charge is -2.16. The highest BCUT2D eigenvalue weighted by Crippen LogP contribution is 2.31. The fourth-order valence-electron chi connectivity index (χ4n) is 17.4. The van der Waals surface area contributed by atoms with E-state index in [0.717, 1.165) is 96.6 Å². The van der Waals surface area contributed by atoms with Crippen molar-refractivity contribution < 1.29 is 79.2 Å². The van der Waals surface area contributed by atoms with E-state index in [1.54, 1.807) is 49.6 Å². The smallest absolute Gasteiger partial charge is 0.306 e. The molecule has 6 heterocycles. The number of carboxylic acid groups (broad SMARTS) is 8. The zero-order valence-electron chi connectivity index (χ0n) is 84.5. The van der Waals surface area contributed by atoms with Crippen LogP contribution in [0.1, 0.15) is 207 Å². The number of nitrogens with zero attached hydrogens (tertiary/aromatic N) is 6. The molecular weight excluding hydrogens is 1760 g/mol. The Hall–Kier alpha value is -13.5. The summed E-state index contributed by atoms with van der Waals surface area (Å²) in [7, 11) is 0. The van der Waals surface area contributed by atoms with Crippen molar-refractivity contribution in [1.29, 1.82) is 0 Å². The fraction of sp³-hybridized carbons (Fsp3) is 0.407. The molecular formula is C118H148N6O16. The van der Waals surface area contributed by atoms with E-state index in [4.69, 9.17) is 15.3 Å². The van der Waals surface area contributed by atoms with Crippen molar-refractivity contribution in [1.82, 2.24) is 29.9 Å². The van der Waals surface area contributed by atoms with Gasteiger partial charge >= 0.3 is 47.8 Å². The average Bonchev–Trinajstić information content (AvgIpc) is 0.837. The highest BCUT2D eigenvalue weighted by atomic mass is 16.4. The second kappa shape index (κ2) is 61.1. The molecule has 0 saturated heterocycles. The van der Waals surface area contributed by atoms with Gasteiger partial charge in [-0.2, -0.15) is 0 Å². The Bertz CT molecular complexity index is 5160. The van der Waals surface area contributed by atoms with Gasteiger partial charge < -0.3 is 40.9 Å². The van der Waals surface area contributed by atoms with Crippen molar-refractivity contribution in [3.8, 4) is 0 Å². The SMILES string of the molecule is CC(C)CC(Cc1cccc2ccccc12)C(=O)O.CC(C)CC(Cc1cccc2ccccc12)C(=O)O.CC(C)CC(Cc1cccc2cccnc12)C(=O)O.CC(C)CC(Cc1cccc2ncccc12)C(=O)O.CC(C)CC(Cc1ccccn1)C(=O)O.CC(C)CC(Cc1cccnc1)C(=O)O.CC(C)CC(Cc1ccncc1)C(=O)O.CC(C)CC(Cc1nccc2ccccc12)C(=O)O. The van der Waals surface area contributed by atoms with Crippen LogP contribution in [0, 0.1) is 94.7 Å². The van der Waals surface area contributed by atoms with Gasteiger partial charge in [0.25, 0.3) is 0 Å². The maximum Gasteiger partial charge on any atom is 0.306 e. The molecule has 0 aliphatic rings. The lowest BCUT2D eigenvalue weighted by Crippen LogP contribution is -2.19. The van der Waals surface area contributed by atoms with Crippen LogP contribution in [0.15, 0.2) is 268 Å². The van der Waals surface area contributed by atoms with E-state index in [0.29, 0.717) is 131 Å². The lowest BCUT2D eigenvalue weighted by molar-refractivity contribution is -0.143. The van der Waals surface area contributed by atoms with Crippen LogP contribution in [-0.2, 0) is 89.7 Å². The molecule has 0 aliphatic carbocycles. The number of pyridine rings is 6. The first-order valence-electron chi connectivity index (χ1n) is 49.1. The molecule has 8 N–H and O–H groups in total. The van der Waals surface area contributed by atoms with E-state index in [9.17, 15) is 63.9 Å². The summed E-state index contributed by atoms with van der Waals surface area (Å²) in [5, 5.41) is 82.9. The van der Waals surface area contributed by atoms with E-state index in [1.807, 2.05) is 237 Å². The first-order valence-corrected chi connectivity index (χ1v) is 49.1. The third kappa shape index (κ3) is 42.5. The molecule has 13 aromatic rings. The number of carbonyl (C=O) groups is 8. The minimum absolute atomic E-state index is 0.285. The molecule has 22 nitrogen and oxygen atoms in total. The molecule has 0 saturated carbocycles. The first kappa shape index (κ1) is 115. The Morgan fingerprint density at radius 3 is 0.950 bits per heavy atom. The molecule has 0 fully saturated rings. The molecule has 22 heteroatoms. The summed E-state index contributed by atoms with van der Waals surface area (Å²) < 4.78 is 0. The predicted octanol–water partition coefficient (Wildman–Crippen LogP) is 25.9. The minimum atomic E-state index is -0.733. The maximum atomic E-state index is 11.4. The minimum Gasteiger partial charge on any atom is -0.481 e. The van der Waals surface area contributed by atoms with Crippen molar-refractivity contribution >= 4 is 102 Å². The highest BCUT2D eigenvalue weighted by molar-refractivity contribution is 5.89. The quantitative estimate of drug-likeness (QED) is 0.0177. The van der Waals surface area contributed by atoms with E-state index in [-0.39, 0.29) is 47.3 Å². The number of fused-ring (bicyclic) bond motifs is 5. The molecule has 7 aromatic carbocycles. The summed E-state index contributed by atoms with van der Waals surface area (Å²) in [6, 6.07) is 71.2. The van der Waals surface area contributed by atoms with Crippen LogP contribution in [0.3, 0.4) is 0 Å². The fourth-order valence-corrected chi connectivity index (χ4v) is 17.4. The van der Waals surface area contributed by atoms with Gasteiger partial charge in [0.15, 0.2) is 0 Å². The molecule has 0 spiro atoms. The average molecular weight is 1910 g/mol. The molecule has 13 rings (SSSR count). The van der Waals surface area contributed by atoms with Crippen molar-refractivity contribution in [3.63, 3.8) is 0 Å². The first-order chi connectivity index (χ1) is 66.7. The number of para-hydroxylation sites is 1. The zero-order valence-corrected chi connectivity index (χ0v) is 84.5. The Labute approximate surface area is 827 Å². The second-order valence-corrected chi connectivity index (χ2v) is 39.7. The van der Waals surface area contributed by atoms with Crippen LogP contribution in [0.5, 0.6) is 0 Å². The number of aliphatic carboxylic acids is 8. The van der Waals surface area contributed by atoms with E-state index in [2.05, 4.69) is 122 Å². The molecule has 8 unspecified atom stereocenters. The summed E-state index contributed by atoms with van der Waals surface area (Å²) >= 11 is 0. The van der Waals surface area contributed by atoms with Gasteiger partial charge in [0.1, 0.15) is 0 Å². The van der Waals surface area contributed by atoms with Gasteiger partial charge in [-0.15, -0.1) is 0 Å². The number of benzene rings is 7. The summed E-state index contributed by atoms with van der Waals surface area (Å²) in [6.07, 6.45) is 23.9. The second-order valence-electron chi connectivity index (χ2n) is 39.7. The summed E-state index contributed by atoms with van der Waals surface area (Å²) in [6.45, 7) is 32.8. The van der Waals surface area contributed by atoms with Crippen molar-refractivity contribution in [2.45, 2.75) is 214 Å². The normalized spacial score (nSPS) is 12.8. The van der Waals surface area contributed by atoms with E-state index in [1.165, 1.54) is 21.5 Å². The van der Waals surface area contributed by atoms with Crippen LogP contribution in [-0.4, -0.2) is 119 Å². The van der Waals surface area contributed by atoms with Crippen LogP contribution < -0.4 is 0 Å². The van der Waals surface area contributed by atoms with Crippen molar-refractivity contribution in [2.75, 3.05) is 0 Å². The van der Waals surface area contributed by atoms with Crippen LogP contribution in [0.2, 0.25) is 0 Å². The van der Waals surface area contributed by atoms with Crippen LogP contribution in [0.25, 0.3) is 54.1 Å². The topological polar surface area (TPSA) is 376 Å². The standard InChI is InChI=1S/2C17H20O2.3C16H19NO2.3C12H17NO2/c2*1-12(2)10-15(17(18)19)11-14-8-5-7-13-6-3-4-9-16(13)14;1-11(2)9-13(16(18)19)10-12-5-3-7-15-14(12)6-4-8-17-15;1-11(2)9-14(16(18)19)10-13-6-3-5-12-7-4-8-17-15(12)13;1-11(2)9-13(16(18)19)10-15-14-6-4-3-5-12(14)7-8-17-15;1-9(2)7-11(12(14)15)8-10-3-5-13-6-4-10;1-9(2)6-11(12(14)15)7-10-4-3-5-13-8-10;1-9(2)7-10(12(14)15)8-11-5-3-4-6-13-11/h2*3-9,12,15H,10-11H2,1-2H3,(H,18,19);3-8,11,13H,9-10H2,1-2H3,(H,18,19);3-8,11,14H,9-10H2,1-2H3,(H,18,19);3-8,11,13H,9-10H2,1-2H3,(H,18,19);3-6,9,11H,7-8H2,1-2H3,(H,14,15);3-5,8-9,11H,6-7H2,1-2H3,(H,14,15);3-6,9-10H,7-8H2,1-2H3,(H,14,15). The number of hydrogen-bond donors (Lipinski definition) is 8. The monoisotopic (exact) mass is 1910 g/mol. The third-order valence-electron chi connectivity index (χ3n) is 23.7. The Morgan fingerprint density at radius 2 is 0.536 bits per heavy atom. The predicted molar refractivity (Wildman–Crippen MR) is 560 cm³/mol. The Balaban J connectivity index is 0.000000246. The largest absolute Gasteiger partial charge is 0.481 e. The van der Waals surface area contributed by atoms with Gasteiger partial charge in [-0.3, -0.25) is 68.3 Å². The Kier molecular flexibility index (Phi) is 50.2. The van der Waals surface area contributed by atoms with Gasteiger partial charge in [-0.1, -0.05) is 275 Å². The molecule has 140 heavy (non-hydrogen) atoms. The Morgan fingerprint density at radius 1 is 0.221 bits per heavy atom. The number of aromatic nitrogens is 6. The van der Waals surface area contributed by atoms with Gasteiger partial charge in [0, 0.05) is 90.0 Å². The van der Waals surface area contributed by atoms with Gasteiger partial charge in [-0.05, 0) is 252 Å². The molecule has 0 bridgehead atoms. The van der Waals surface area contributed by atoms with Crippen LogP contribution in [0.4, 0.5) is 0 Å². The molecule has 0 radical (unpaired) electrons. The van der Waals surface area contributed by atoms with E-state index < -0.39 is 47.8 Å². The summed E-state index contributed by atoms with van der Waals surface area (Å²) in [5.41, 5.74) is 9.95. The van der Waals surface area contributed by atoms with Gasteiger partial charge in [-0.25, -0.2) is 0 Å². The maximum absolute atomic E-state index is 11.4.